The van der Waals surface area contributed by atoms with Crippen molar-refractivity contribution in [3.63, 3.8) is 0 Å². The summed E-state index contributed by atoms with van der Waals surface area (Å²) in [5.74, 6) is 0. The van der Waals surface area contributed by atoms with Crippen molar-refractivity contribution >= 4 is 0 Å². The van der Waals surface area contributed by atoms with Crippen molar-refractivity contribution in [2.75, 3.05) is 26.3 Å². The van der Waals surface area contributed by atoms with Gasteiger partial charge in [0.15, 0.2) is 0 Å². The second kappa shape index (κ2) is 6.58. The van der Waals surface area contributed by atoms with Gasteiger partial charge in [-0.05, 0) is 19.5 Å². The lowest BCUT2D eigenvalue weighted by atomic mass is 10.2. The number of hydrogen-bond acceptors (Lipinski definition) is 3. The van der Waals surface area contributed by atoms with Crippen LogP contribution in [0.25, 0.3) is 0 Å². The van der Waals surface area contributed by atoms with Gasteiger partial charge in [0.25, 0.3) is 0 Å². The minimum absolute atomic E-state index is 0.134. The molecule has 0 aromatic carbocycles. The Labute approximate surface area is 68.6 Å². The fraction of sp³-hybridized carbons (Fsp3) is 1.00. The molecule has 0 heterocycles. The van der Waals surface area contributed by atoms with E-state index < -0.39 is 0 Å². The van der Waals surface area contributed by atoms with Crippen molar-refractivity contribution in [3.05, 3.63) is 0 Å². The van der Waals surface area contributed by atoms with Gasteiger partial charge in [0.05, 0.1) is 6.61 Å². The zero-order chi connectivity index (χ0) is 8.69. The maximum Gasteiger partial charge on any atom is 0.0587 e. The number of hydrogen-bond donors (Lipinski definition) is 2. The van der Waals surface area contributed by atoms with Gasteiger partial charge in [-0.15, -0.1) is 0 Å². The highest BCUT2D eigenvalue weighted by molar-refractivity contribution is 4.67. The van der Waals surface area contributed by atoms with Gasteiger partial charge in [-0.3, -0.25) is 4.90 Å². The summed E-state index contributed by atoms with van der Waals surface area (Å²) in [6.45, 7) is 6.28. The van der Waals surface area contributed by atoms with E-state index in [0.29, 0.717) is 6.42 Å². The number of rotatable bonds is 6. The zero-order valence-electron chi connectivity index (χ0n) is 7.45. The normalized spacial score (nSPS) is 13.9. The van der Waals surface area contributed by atoms with Crippen molar-refractivity contribution in [2.45, 2.75) is 26.3 Å². The van der Waals surface area contributed by atoms with Crippen molar-refractivity contribution in [1.82, 2.24) is 4.90 Å². The summed E-state index contributed by atoms with van der Waals surface area (Å²) >= 11 is 0. The van der Waals surface area contributed by atoms with E-state index in [9.17, 15) is 0 Å². The smallest absolute Gasteiger partial charge is 0.0587 e. The first kappa shape index (κ1) is 10.9. The summed E-state index contributed by atoms with van der Waals surface area (Å²) in [4.78, 5) is 2.15. The van der Waals surface area contributed by atoms with Crippen LogP contribution in [-0.4, -0.2) is 47.5 Å². The largest absolute Gasteiger partial charge is 0.396 e. The van der Waals surface area contributed by atoms with Crippen LogP contribution in [-0.2, 0) is 0 Å². The maximum absolute atomic E-state index is 8.94. The Kier molecular flexibility index (Phi) is 6.51. The monoisotopic (exact) mass is 161 g/mol. The predicted octanol–water partition coefficient (Wildman–Crippen LogP) is 0.0715. The molecule has 0 amide bonds. The van der Waals surface area contributed by atoms with Crippen LogP contribution < -0.4 is 0 Å². The van der Waals surface area contributed by atoms with Crippen LogP contribution in [0.1, 0.15) is 20.3 Å². The third-order valence-corrected chi connectivity index (χ3v) is 2.00. The number of nitrogens with zero attached hydrogens (tertiary/aromatic N) is 1. The molecule has 0 rings (SSSR count). The summed E-state index contributed by atoms with van der Waals surface area (Å²) in [6, 6.07) is 0.134. The van der Waals surface area contributed by atoms with E-state index in [2.05, 4.69) is 18.7 Å². The second-order valence-corrected chi connectivity index (χ2v) is 2.57. The van der Waals surface area contributed by atoms with Crippen molar-refractivity contribution in [3.8, 4) is 0 Å². The molecule has 68 valence electrons. The average molecular weight is 161 g/mol. The molecule has 11 heavy (non-hydrogen) atoms. The predicted molar refractivity (Wildman–Crippen MR) is 45.5 cm³/mol. The van der Waals surface area contributed by atoms with Gasteiger partial charge in [0.2, 0.25) is 0 Å². The molecule has 0 aliphatic rings. The molecule has 2 N–H and O–H groups in total. The molecule has 0 radical (unpaired) electrons. The molecule has 1 unspecified atom stereocenters. The first-order valence-electron chi connectivity index (χ1n) is 4.25. The van der Waals surface area contributed by atoms with E-state index in [1.54, 1.807) is 0 Å². The summed E-state index contributed by atoms with van der Waals surface area (Å²) in [5, 5.41) is 17.6. The van der Waals surface area contributed by atoms with Crippen LogP contribution in [0, 0.1) is 0 Å². The second-order valence-electron chi connectivity index (χ2n) is 2.57. The number of aliphatic hydroxyl groups is 2. The van der Waals surface area contributed by atoms with Crippen molar-refractivity contribution in [1.29, 1.82) is 0 Å². The molecule has 0 aliphatic heterocycles. The SMILES string of the molecule is CCN(CC)C(CO)CCO. The Morgan fingerprint density at radius 1 is 1.18 bits per heavy atom. The number of likely N-dealkylation sites (N-methyl/N-ethyl adjacent to an activating group) is 1. The van der Waals surface area contributed by atoms with E-state index >= 15 is 0 Å². The number of aliphatic hydroxyl groups excluding tert-OH is 2. The van der Waals surface area contributed by atoms with E-state index in [1.165, 1.54) is 0 Å². The summed E-state index contributed by atoms with van der Waals surface area (Å²) in [5.41, 5.74) is 0. The van der Waals surface area contributed by atoms with E-state index in [1.807, 2.05) is 0 Å². The third kappa shape index (κ3) is 3.70. The lowest BCUT2D eigenvalue weighted by Gasteiger charge is -2.27. The molecule has 0 aliphatic carbocycles. The van der Waals surface area contributed by atoms with Crippen LogP contribution >= 0.6 is 0 Å². The van der Waals surface area contributed by atoms with Gasteiger partial charge < -0.3 is 10.2 Å². The van der Waals surface area contributed by atoms with Gasteiger partial charge in [0.1, 0.15) is 0 Å². The van der Waals surface area contributed by atoms with E-state index in [0.717, 1.165) is 13.1 Å². The Morgan fingerprint density at radius 2 is 1.73 bits per heavy atom. The fourth-order valence-electron chi connectivity index (χ4n) is 1.28. The minimum Gasteiger partial charge on any atom is -0.396 e. The Balaban J connectivity index is 3.76. The summed E-state index contributed by atoms with van der Waals surface area (Å²) in [7, 11) is 0. The van der Waals surface area contributed by atoms with Crippen LogP contribution in [0.3, 0.4) is 0 Å². The van der Waals surface area contributed by atoms with E-state index in [4.69, 9.17) is 10.2 Å². The molecule has 0 spiro atoms. The van der Waals surface area contributed by atoms with Gasteiger partial charge in [-0.1, -0.05) is 13.8 Å². The molecule has 0 bridgehead atoms. The first-order chi connectivity index (χ1) is 5.29. The quantitative estimate of drug-likeness (QED) is 0.579. The topological polar surface area (TPSA) is 43.7 Å². The standard InChI is InChI=1S/C8H19NO2/c1-3-9(4-2)8(7-11)5-6-10/h8,10-11H,3-7H2,1-2H3. The highest BCUT2D eigenvalue weighted by atomic mass is 16.3. The highest BCUT2D eigenvalue weighted by Gasteiger charge is 2.12. The van der Waals surface area contributed by atoms with Crippen LogP contribution in [0.15, 0.2) is 0 Å². The van der Waals surface area contributed by atoms with Gasteiger partial charge in [0, 0.05) is 12.6 Å². The van der Waals surface area contributed by atoms with Gasteiger partial charge in [-0.2, -0.15) is 0 Å². The maximum atomic E-state index is 8.94. The lowest BCUT2D eigenvalue weighted by Crippen LogP contribution is -2.38. The molecule has 3 heteroatoms. The molecule has 3 nitrogen and oxygen atoms in total. The average Bonchev–Trinajstić information content (AvgIpc) is 2.05. The molecular weight excluding hydrogens is 142 g/mol. The zero-order valence-corrected chi connectivity index (χ0v) is 7.45. The molecule has 0 saturated heterocycles. The van der Waals surface area contributed by atoms with Crippen LogP contribution in [0.2, 0.25) is 0 Å². The first-order valence-corrected chi connectivity index (χ1v) is 4.25. The molecule has 0 saturated carbocycles. The van der Waals surface area contributed by atoms with Crippen LogP contribution in [0.4, 0.5) is 0 Å². The van der Waals surface area contributed by atoms with Crippen molar-refractivity contribution < 1.29 is 10.2 Å². The molecule has 0 aromatic rings. The molecule has 0 aromatic heterocycles. The van der Waals surface area contributed by atoms with Crippen LogP contribution in [0.5, 0.6) is 0 Å². The highest BCUT2D eigenvalue weighted by Crippen LogP contribution is 2.01. The Bertz CT molecular complexity index is 84.2. The Morgan fingerprint density at radius 3 is 2.00 bits per heavy atom. The molecular formula is C8H19NO2. The summed E-state index contributed by atoms with van der Waals surface area (Å²) in [6.07, 6.45) is 0.665. The molecule has 1 atom stereocenters. The van der Waals surface area contributed by atoms with Gasteiger partial charge in [-0.25, -0.2) is 0 Å². The van der Waals surface area contributed by atoms with Crippen molar-refractivity contribution in [2.24, 2.45) is 0 Å². The van der Waals surface area contributed by atoms with Gasteiger partial charge >= 0.3 is 0 Å². The van der Waals surface area contributed by atoms with E-state index in [-0.39, 0.29) is 19.3 Å². The minimum atomic E-state index is 0.134. The Hall–Kier alpha value is -0.120. The fourth-order valence-corrected chi connectivity index (χ4v) is 1.28. The third-order valence-electron chi connectivity index (χ3n) is 2.00. The summed E-state index contributed by atoms with van der Waals surface area (Å²) < 4.78 is 0. The molecule has 0 fully saturated rings. The lowest BCUT2D eigenvalue weighted by molar-refractivity contribution is 0.108.